The van der Waals surface area contributed by atoms with Crippen LogP contribution in [0.2, 0.25) is 0 Å². The molecule has 0 radical (unpaired) electrons. The molecule has 3 heteroatoms. The van der Waals surface area contributed by atoms with Crippen molar-refractivity contribution in [2.24, 2.45) is 5.73 Å². The topological polar surface area (TPSA) is 29.3 Å². The summed E-state index contributed by atoms with van der Waals surface area (Å²) >= 11 is 2.07. The molecule has 0 aromatic heterocycles. The minimum absolute atomic E-state index is 0.389. The number of nitrogens with two attached hydrogens (primary N) is 1. The monoisotopic (exact) mass is 276 g/mol. The first-order chi connectivity index (χ1) is 9.31. The van der Waals surface area contributed by atoms with E-state index in [1.165, 1.54) is 36.3 Å². The Morgan fingerprint density at radius 2 is 2.11 bits per heavy atom. The van der Waals surface area contributed by atoms with Crippen LogP contribution in [0.5, 0.6) is 0 Å². The molecule has 2 N–H and O–H groups in total. The average Bonchev–Trinajstić information content (AvgIpc) is 3.14. The highest BCUT2D eigenvalue weighted by molar-refractivity contribution is 7.99. The van der Waals surface area contributed by atoms with Gasteiger partial charge in [0.1, 0.15) is 0 Å². The fourth-order valence-electron chi connectivity index (χ4n) is 3.19. The largest absolute Gasteiger partial charge is 0.329 e. The predicted octanol–water partition coefficient (Wildman–Crippen LogP) is 3.00. The third-order valence-electron chi connectivity index (χ3n) is 4.57. The second-order valence-corrected chi connectivity index (χ2v) is 6.99. The summed E-state index contributed by atoms with van der Waals surface area (Å²) in [7, 11) is 2.26. The van der Waals surface area contributed by atoms with Gasteiger partial charge >= 0.3 is 0 Å². The molecule has 1 saturated carbocycles. The van der Waals surface area contributed by atoms with E-state index in [-0.39, 0.29) is 0 Å². The third-order valence-corrected chi connectivity index (χ3v) is 5.71. The smallest absolute Gasteiger partial charge is 0.0473 e. The van der Waals surface area contributed by atoms with Gasteiger partial charge in [-0.25, -0.2) is 0 Å². The molecule has 1 aromatic carbocycles. The molecule has 0 amide bonds. The lowest BCUT2D eigenvalue weighted by Gasteiger charge is -2.33. The summed E-state index contributed by atoms with van der Waals surface area (Å²) < 4.78 is 0. The van der Waals surface area contributed by atoms with E-state index in [1.807, 2.05) is 0 Å². The number of thioether (sulfide) groups is 1. The van der Waals surface area contributed by atoms with Crippen molar-refractivity contribution < 1.29 is 0 Å². The van der Waals surface area contributed by atoms with Crippen molar-refractivity contribution >= 4 is 11.8 Å². The summed E-state index contributed by atoms with van der Waals surface area (Å²) in [5, 5.41) is 0. The normalized spacial score (nSPS) is 24.9. The summed E-state index contributed by atoms with van der Waals surface area (Å²) in [5.41, 5.74) is 9.14. The van der Waals surface area contributed by atoms with Gasteiger partial charge in [-0.1, -0.05) is 24.3 Å². The van der Waals surface area contributed by atoms with Gasteiger partial charge in [-0.3, -0.25) is 4.90 Å². The molecule has 1 aliphatic carbocycles. The predicted molar refractivity (Wildman–Crippen MR) is 83.7 cm³/mol. The fraction of sp³-hybridized carbons (Fsp3) is 0.625. The summed E-state index contributed by atoms with van der Waals surface area (Å²) in [5.74, 6) is 3.37. The van der Waals surface area contributed by atoms with Gasteiger partial charge in [0.15, 0.2) is 0 Å². The van der Waals surface area contributed by atoms with Crippen LogP contribution in [0.25, 0.3) is 0 Å². The first-order valence-corrected chi connectivity index (χ1v) is 8.55. The Hall–Kier alpha value is -0.510. The van der Waals surface area contributed by atoms with Crippen LogP contribution in [0.15, 0.2) is 24.3 Å². The highest BCUT2D eigenvalue weighted by Crippen LogP contribution is 2.43. The van der Waals surface area contributed by atoms with Crippen LogP contribution in [0.4, 0.5) is 0 Å². The number of hydrogen-bond acceptors (Lipinski definition) is 3. The van der Waals surface area contributed by atoms with Crippen LogP contribution < -0.4 is 5.73 Å². The van der Waals surface area contributed by atoms with Gasteiger partial charge in [-0.05, 0) is 49.1 Å². The van der Waals surface area contributed by atoms with Gasteiger partial charge in [-0.15, -0.1) is 0 Å². The van der Waals surface area contributed by atoms with Crippen molar-refractivity contribution in [2.75, 3.05) is 25.1 Å². The van der Waals surface area contributed by atoms with E-state index >= 15 is 0 Å². The zero-order valence-electron chi connectivity index (χ0n) is 11.7. The summed E-state index contributed by atoms with van der Waals surface area (Å²) in [6, 6.07) is 10.0. The van der Waals surface area contributed by atoms with E-state index in [2.05, 4.69) is 48.0 Å². The molecule has 0 bridgehead atoms. The molecule has 3 rings (SSSR count). The first-order valence-electron chi connectivity index (χ1n) is 7.40. The molecule has 2 aliphatic rings. The lowest BCUT2D eigenvalue weighted by Crippen LogP contribution is -2.39. The molecule has 0 spiro atoms. The van der Waals surface area contributed by atoms with Gasteiger partial charge in [0.05, 0.1) is 0 Å². The van der Waals surface area contributed by atoms with Gasteiger partial charge in [0.2, 0.25) is 0 Å². The quantitative estimate of drug-likeness (QED) is 0.896. The lowest BCUT2D eigenvalue weighted by atomic mass is 9.95. The molecule has 19 heavy (non-hydrogen) atoms. The molecule has 2 nitrogen and oxygen atoms in total. The number of rotatable bonds is 5. The van der Waals surface area contributed by atoms with Crippen LogP contribution in [0.3, 0.4) is 0 Å². The number of benzene rings is 1. The molecule has 1 heterocycles. The van der Waals surface area contributed by atoms with Crippen LogP contribution in [0, 0.1) is 0 Å². The molecule has 1 saturated heterocycles. The molecule has 1 aromatic rings. The maximum Gasteiger partial charge on any atom is 0.0473 e. The zero-order chi connectivity index (χ0) is 13.2. The zero-order valence-corrected chi connectivity index (χ0v) is 12.5. The van der Waals surface area contributed by atoms with E-state index in [0.29, 0.717) is 12.1 Å². The minimum Gasteiger partial charge on any atom is -0.329 e. The number of likely N-dealkylation sites (N-methyl/N-ethyl adjacent to an activating group) is 1. The van der Waals surface area contributed by atoms with Crippen molar-refractivity contribution in [3.63, 3.8) is 0 Å². The average molecular weight is 276 g/mol. The van der Waals surface area contributed by atoms with Gasteiger partial charge in [0.25, 0.3) is 0 Å². The Bertz CT molecular complexity index is 425. The van der Waals surface area contributed by atoms with E-state index in [9.17, 15) is 0 Å². The van der Waals surface area contributed by atoms with Gasteiger partial charge in [-0.2, -0.15) is 11.8 Å². The number of nitrogens with zero attached hydrogens (tertiary/aromatic N) is 1. The lowest BCUT2D eigenvalue weighted by molar-refractivity contribution is 0.192. The van der Waals surface area contributed by atoms with Crippen molar-refractivity contribution in [1.29, 1.82) is 0 Å². The van der Waals surface area contributed by atoms with Crippen LogP contribution in [-0.2, 0) is 0 Å². The molecule has 2 fully saturated rings. The maximum absolute atomic E-state index is 6.11. The van der Waals surface area contributed by atoms with Crippen molar-refractivity contribution in [3.05, 3.63) is 35.4 Å². The Morgan fingerprint density at radius 1 is 1.32 bits per heavy atom. The molecule has 2 atom stereocenters. The summed E-state index contributed by atoms with van der Waals surface area (Å²) in [4.78, 5) is 2.53. The Kier molecular flexibility index (Phi) is 4.15. The van der Waals surface area contributed by atoms with Crippen LogP contribution >= 0.6 is 11.8 Å². The van der Waals surface area contributed by atoms with Crippen molar-refractivity contribution in [1.82, 2.24) is 4.90 Å². The van der Waals surface area contributed by atoms with E-state index in [1.54, 1.807) is 5.56 Å². The van der Waals surface area contributed by atoms with E-state index in [0.717, 1.165) is 12.5 Å². The molecule has 1 aliphatic heterocycles. The first kappa shape index (κ1) is 13.5. The fourth-order valence-corrected chi connectivity index (χ4v) is 4.47. The highest BCUT2D eigenvalue weighted by atomic mass is 32.2. The third kappa shape index (κ3) is 2.83. The number of hydrogen-bond donors (Lipinski definition) is 1. The van der Waals surface area contributed by atoms with Crippen LogP contribution in [-0.4, -0.2) is 36.0 Å². The summed E-state index contributed by atoms with van der Waals surface area (Å²) in [6.07, 6.45) is 4.03. The van der Waals surface area contributed by atoms with Crippen molar-refractivity contribution in [2.45, 2.75) is 37.3 Å². The van der Waals surface area contributed by atoms with Gasteiger partial charge < -0.3 is 5.73 Å². The molecular weight excluding hydrogens is 252 g/mol. The van der Waals surface area contributed by atoms with Crippen molar-refractivity contribution in [3.8, 4) is 0 Å². The van der Waals surface area contributed by atoms with Gasteiger partial charge in [0, 0.05) is 24.4 Å². The Balaban J connectivity index is 1.84. The van der Waals surface area contributed by atoms with Crippen LogP contribution in [0.1, 0.15) is 42.3 Å². The minimum atomic E-state index is 0.389. The second kappa shape index (κ2) is 5.86. The maximum atomic E-state index is 6.11. The molecule has 104 valence electrons. The highest BCUT2D eigenvalue weighted by Gasteiger charge is 2.31. The molecular formula is C16H24N2S. The Morgan fingerprint density at radius 3 is 2.74 bits per heavy atom. The SMILES string of the molecule is CN(C1CCSC1)C(CN)c1ccccc1C1CC1. The summed E-state index contributed by atoms with van der Waals surface area (Å²) in [6.45, 7) is 0.724. The standard InChI is InChI=1S/C16H24N2S/c1-18(13-8-9-19-11-13)16(10-17)15-5-3-2-4-14(15)12-6-7-12/h2-5,12-13,16H,6-11,17H2,1H3. The van der Waals surface area contributed by atoms with E-state index in [4.69, 9.17) is 5.73 Å². The molecule has 2 unspecified atom stereocenters. The second-order valence-electron chi connectivity index (χ2n) is 5.84. The van der Waals surface area contributed by atoms with E-state index < -0.39 is 0 Å². The Labute approximate surface area is 120 Å².